The van der Waals surface area contributed by atoms with Crippen molar-refractivity contribution in [3.8, 4) is 0 Å². The summed E-state index contributed by atoms with van der Waals surface area (Å²) in [4.78, 5) is 22.0. The van der Waals surface area contributed by atoms with Crippen molar-refractivity contribution in [1.82, 2.24) is 14.9 Å². The van der Waals surface area contributed by atoms with E-state index in [1.807, 2.05) is 18.0 Å². The Labute approximate surface area is 133 Å². The van der Waals surface area contributed by atoms with Crippen LogP contribution < -0.4 is 5.32 Å². The third-order valence-electron chi connectivity index (χ3n) is 4.53. The molecule has 1 N–H and O–H groups in total. The van der Waals surface area contributed by atoms with Crippen LogP contribution in [0.5, 0.6) is 0 Å². The number of anilines is 1. The molecule has 1 fully saturated rings. The number of nitrogens with zero attached hydrogens (tertiary/aromatic N) is 3. The Kier molecular flexibility index (Phi) is 5.04. The number of carbonyl (C=O) groups excluding carboxylic acids is 1. The Morgan fingerprint density at radius 1 is 1.23 bits per heavy atom. The molecule has 0 radical (unpaired) electrons. The molecule has 0 aromatic carbocycles. The van der Waals surface area contributed by atoms with Crippen molar-refractivity contribution in [3.05, 3.63) is 18.1 Å². The maximum Gasteiger partial charge on any atom is 0.219 e. The van der Waals surface area contributed by atoms with Crippen molar-refractivity contribution < 1.29 is 4.79 Å². The van der Waals surface area contributed by atoms with E-state index in [4.69, 9.17) is 0 Å². The van der Waals surface area contributed by atoms with Gasteiger partial charge in [0.1, 0.15) is 12.1 Å². The second kappa shape index (κ2) is 6.63. The molecule has 5 nitrogen and oxygen atoms in total. The molecule has 1 amide bonds. The van der Waals surface area contributed by atoms with Gasteiger partial charge in [0, 0.05) is 37.5 Å². The maximum atomic E-state index is 11.4. The first-order valence-corrected chi connectivity index (χ1v) is 8.10. The lowest BCUT2D eigenvalue weighted by atomic mass is 9.90. The van der Waals surface area contributed by atoms with Gasteiger partial charge in [0.2, 0.25) is 5.91 Å². The van der Waals surface area contributed by atoms with Crippen LogP contribution in [-0.4, -0.2) is 39.9 Å². The predicted octanol–water partition coefficient (Wildman–Crippen LogP) is 2.98. The molecule has 1 aromatic rings. The molecule has 0 spiro atoms. The van der Waals surface area contributed by atoms with Gasteiger partial charge in [-0.05, 0) is 25.7 Å². The van der Waals surface area contributed by atoms with Crippen molar-refractivity contribution in [3.63, 3.8) is 0 Å². The van der Waals surface area contributed by atoms with Crippen molar-refractivity contribution in [2.24, 2.45) is 0 Å². The number of amides is 1. The van der Waals surface area contributed by atoms with Gasteiger partial charge in [0.05, 0.1) is 5.69 Å². The number of hydrogen-bond acceptors (Lipinski definition) is 4. The summed E-state index contributed by atoms with van der Waals surface area (Å²) in [5, 5.41) is 3.53. The lowest BCUT2D eigenvalue weighted by Crippen LogP contribution is -2.40. The van der Waals surface area contributed by atoms with Gasteiger partial charge >= 0.3 is 0 Å². The van der Waals surface area contributed by atoms with Gasteiger partial charge in [-0.2, -0.15) is 0 Å². The lowest BCUT2D eigenvalue weighted by Gasteiger charge is -2.34. The molecule has 2 rings (SSSR count). The fraction of sp³-hybridized carbons (Fsp3) is 0.706. The summed E-state index contributed by atoms with van der Waals surface area (Å²) in [5.74, 6) is 1.06. The van der Waals surface area contributed by atoms with Crippen molar-refractivity contribution in [2.45, 2.75) is 70.9 Å². The van der Waals surface area contributed by atoms with Crippen LogP contribution in [0.2, 0.25) is 0 Å². The van der Waals surface area contributed by atoms with E-state index in [1.165, 1.54) is 0 Å². The van der Waals surface area contributed by atoms with Crippen molar-refractivity contribution >= 4 is 11.7 Å². The molecule has 0 aliphatic heterocycles. The van der Waals surface area contributed by atoms with Crippen molar-refractivity contribution in [2.75, 3.05) is 12.4 Å². The Balaban J connectivity index is 1.93. The van der Waals surface area contributed by atoms with Crippen LogP contribution >= 0.6 is 0 Å². The highest BCUT2D eigenvalue weighted by Crippen LogP contribution is 2.26. The number of hydrogen-bond donors (Lipinski definition) is 1. The van der Waals surface area contributed by atoms with Gasteiger partial charge in [-0.1, -0.05) is 20.8 Å². The van der Waals surface area contributed by atoms with E-state index in [9.17, 15) is 4.79 Å². The second-order valence-corrected chi connectivity index (χ2v) is 7.32. The van der Waals surface area contributed by atoms with Gasteiger partial charge in [0.25, 0.3) is 0 Å². The first-order chi connectivity index (χ1) is 10.3. The normalized spacial score (nSPS) is 22.2. The third-order valence-corrected chi connectivity index (χ3v) is 4.53. The number of nitrogens with one attached hydrogen (secondary N) is 1. The minimum atomic E-state index is 0.0290. The fourth-order valence-electron chi connectivity index (χ4n) is 2.92. The third kappa shape index (κ3) is 4.18. The predicted molar refractivity (Wildman–Crippen MR) is 88.8 cm³/mol. The van der Waals surface area contributed by atoms with Crippen LogP contribution in [0.1, 0.15) is 59.1 Å². The van der Waals surface area contributed by atoms with Gasteiger partial charge in [-0.25, -0.2) is 9.97 Å². The quantitative estimate of drug-likeness (QED) is 0.932. The summed E-state index contributed by atoms with van der Waals surface area (Å²) in [6.07, 6.45) is 5.86. The van der Waals surface area contributed by atoms with Crippen LogP contribution in [0.3, 0.4) is 0 Å². The van der Waals surface area contributed by atoms with E-state index >= 15 is 0 Å². The van der Waals surface area contributed by atoms with Gasteiger partial charge in [-0.3, -0.25) is 4.79 Å². The summed E-state index contributed by atoms with van der Waals surface area (Å²) in [7, 11) is 1.90. The SMILES string of the molecule is CC(=O)N(C)C1CCC(Nc2cc(C(C)(C)C)ncn2)CC1. The minimum absolute atomic E-state index is 0.0290. The molecule has 1 heterocycles. The minimum Gasteiger partial charge on any atom is -0.367 e. The molecule has 1 aliphatic carbocycles. The van der Waals surface area contributed by atoms with Gasteiger partial charge < -0.3 is 10.2 Å². The molecule has 0 unspecified atom stereocenters. The molecule has 1 saturated carbocycles. The molecule has 22 heavy (non-hydrogen) atoms. The molecule has 122 valence electrons. The molecule has 1 aromatic heterocycles. The Morgan fingerprint density at radius 3 is 2.41 bits per heavy atom. The number of carbonyl (C=O) groups is 1. The summed E-state index contributed by atoms with van der Waals surface area (Å²) in [6, 6.07) is 2.86. The molecular formula is C17H28N4O. The summed E-state index contributed by atoms with van der Waals surface area (Å²) < 4.78 is 0. The van der Waals surface area contributed by atoms with Crippen LogP contribution in [0, 0.1) is 0 Å². The Bertz CT molecular complexity index is 516. The zero-order valence-electron chi connectivity index (χ0n) is 14.4. The topological polar surface area (TPSA) is 58.1 Å². The van der Waals surface area contributed by atoms with E-state index in [0.717, 1.165) is 37.2 Å². The summed E-state index contributed by atoms with van der Waals surface area (Å²) >= 11 is 0. The van der Waals surface area contributed by atoms with Crippen molar-refractivity contribution in [1.29, 1.82) is 0 Å². The summed E-state index contributed by atoms with van der Waals surface area (Å²) in [6.45, 7) is 8.10. The van der Waals surface area contributed by atoms with E-state index in [0.29, 0.717) is 12.1 Å². The first kappa shape index (κ1) is 16.7. The van der Waals surface area contributed by atoms with E-state index in [-0.39, 0.29) is 11.3 Å². The molecule has 0 bridgehead atoms. The van der Waals surface area contributed by atoms with Crippen LogP contribution in [0.25, 0.3) is 0 Å². The van der Waals surface area contributed by atoms with E-state index in [2.05, 4.69) is 36.1 Å². The molecule has 0 atom stereocenters. The average Bonchev–Trinajstić information content (AvgIpc) is 2.46. The monoisotopic (exact) mass is 304 g/mol. The molecular weight excluding hydrogens is 276 g/mol. The smallest absolute Gasteiger partial charge is 0.219 e. The van der Waals surface area contributed by atoms with Gasteiger partial charge in [-0.15, -0.1) is 0 Å². The van der Waals surface area contributed by atoms with Crippen LogP contribution in [0.4, 0.5) is 5.82 Å². The zero-order chi connectivity index (χ0) is 16.3. The standard InChI is InChI=1S/C17H28N4O/c1-12(22)21(5)14-8-6-13(7-9-14)20-16-10-15(17(2,3)4)18-11-19-16/h10-11,13-14H,6-9H2,1-5H3,(H,18,19,20). The highest BCUT2D eigenvalue weighted by Gasteiger charge is 2.25. The number of rotatable bonds is 3. The molecule has 0 saturated heterocycles. The highest BCUT2D eigenvalue weighted by molar-refractivity contribution is 5.73. The fourth-order valence-corrected chi connectivity index (χ4v) is 2.92. The number of aromatic nitrogens is 2. The maximum absolute atomic E-state index is 11.4. The largest absolute Gasteiger partial charge is 0.367 e. The molecule has 1 aliphatic rings. The first-order valence-electron chi connectivity index (χ1n) is 8.10. The van der Waals surface area contributed by atoms with Crippen LogP contribution in [-0.2, 0) is 10.2 Å². The zero-order valence-corrected chi connectivity index (χ0v) is 14.4. The highest BCUT2D eigenvalue weighted by atomic mass is 16.2. The lowest BCUT2D eigenvalue weighted by molar-refractivity contribution is -0.130. The summed E-state index contributed by atoms with van der Waals surface area (Å²) in [5.41, 5.74) is 1.08. The Morgan fingerprint density at radius 2 is 1.86 bits per heavy atom. The Hall–Kier alpha value is -1.65. The van der Waals surface area contributed by atoms with E-state index in [1.54, 1.807) is 13.3 Å². The average molecular weight is 304 g/mol. The van der Waals surface area contributed by atoms with Crippen LogP contribution in [0.15, 0.2) is 12.4 Å². The second-order valence-electron chi connectivity index (χ2n) is 7.32. The molecule has 5 heteroatoms. The van der Waals surface area contributed by atoms with Gasteiger partial charge in [0.15, 0.2) is 0 Å². The van der Waals surface area contributed by atoms with E-state index < -0.39 is 0 Å².